The van der Waals surface area contributed by atoms with Crippen LogP contribution < -0.4 is 16.0 Å². The van der Waals surface area contributed by atoms with Gasteiger partial charge in [0, 0.05) is 42.6 Å². The maximum absolute atomic E-state index is 12.4. The number of benzene rings is 2. The van der Waals surface area contributed by atoms with Gasteiger partial charge in [0.05, 0.1) is 0 Å². The Morgan fingerprint density at radius 3 is 2.66 bits per heavy atom. The van der Waals surface area contributed by atoms with Crippen molar-refractivity contribution in [1.82, 2.24) is 25.1 Å². The zero-order valence-electron chi connectivity index (χ0n) is 18.5. The van der Waals surface area contributed by atoms with E-state index in [1.54, 1.807) is 59.7 Å². The average molecular weight is 467 g/mol. The van der Waals surface area contributed by atoms with Crippen LogP contribution in [-0.2, 0) is 17.9 Å². The second-order valence-electron chi connectivity index (χ2n) is 7.68. The predicted molar refractivity (Wildman–Crippen MR) is 130 cm³/mol. The number of urea groups is 1. The fraction of sp³-hybridized carbons (Fsp3) is 0.0800. The number of pyridine rings is 1. The highest BCUT2D eigenvalue weighted by molar-refractivity contribution is 5.92. The van der Waals surface area contributed by atoms with Crippen molar-refractivity contribution >= 4 is 34.4 Å². The van der Waals surface area contributed by atoms with E-state index in [1.165, 1.54) is 0 Å². The minimum atomic E-state index is -0.373. The standard InChI is InChI=1S/C25H21N7O3/c33-23(16-32-12-4-11-28-32)29-18-6-3-5-17(13-18)15-27-25(34)30-19-8-9-20-22(14-19)35-24(31-20)21-7-1-2-10-26-21/h1-14H,15-16H2,(H,29,33)(H2,27,30,34). The Hall–Kier alpha value is -4.99. The molecule has 0 bridgehead atoms. The van der Waals surface area contributed by atoms with Crippen LogP contribution >= 0.6 is 0 Å². The van der Waals surface area contributed by atoms with Gasteiger partial charge in [0.1, 0.15) is 17.8 Å². The van der Waals surface area contributed by atoms with Gasteiger partial charge in [-0.15, -0.1) is 0 Å². The van der Waals surface area contributed by atoms with E-state index in [9.17, 15) is 9.59 Å². The summed E-state index contributed by atoms with van der Waals surface area (Å²) in [6.07, 6.45) is 5.01. The first-order valence-electron chi connectivity index (χ1n) is 10.9. The topological polar surface area (TPSA) is 127 Å². The molecule has 0 saturated carbocycles. The van der Waals surface area contributed by atoms with E-state index in [0.717, 1.165) is 5.56 Å². The van der Waals surface area contributed by atoms with E-state index in [0.29, 0.717) is 34.1 Å². The molecule has 0 unspecified atom stereocenters. The number of carbonyl (C=O) groups excluding carboxylic acids is 2. The molecule has 3 amide bonds. The van der Waals surface area contributed by atoms with Gasteiger partial charge in [-0.25, -0.2) is 9.78 Å². The molecule has 0 saturated heterocycles. The van der Waals surface area contributed by atoms with Crippen molar-refractivity contribution in [2.24, 2.45) is 0 Å². The fourth-order valence-corrected chi connectivity index (χ4v) is 3.46. The lowest BCUT2D eigenvalue weighted by atomic mass is 10.2. The Morgan fingerprint density at radius 1 is 0.914 bits per heavy atom. The molecule has 2 aromatic carbocycles. The zero-order valence-corrected chi connectivity index (χ0v) is 18.5. The molecule has 0 aliphatic carbocycles. The molecule has 3 heterocycles. The highest BCUT2D eigenvalue weighted by atomic mass is 16.3. The summed E-state index contributed by atoms with van der Waals surface area (Å²) in [5.41, 5.74) is 3.89. The van der Waals surface area contributed by atoms with Crippen molar-refractivity contribution in [2.75, 3.05) is 10.6 Å². The van der Waals surface area contributed by atoms with E-state index in [1.807, 2.05) is 30.3 Å². The first-order valence-corrected chi connectivity index (χ1v) is 10.9. The van der Waals surface area contributed by atoms with Crippen LogP contribution in [-0.4, -0.2) is 31.7 Å². The van der Waals surface area contributed by atoms with Gasteiger partial charge in [-0.05, 0) is 48.0 Å². The van der Waals surface area contributed by atoms with Gasteiger partial charge in [-0.3, -0.25) is 14.5 Å². The first-order chi connectivity index (χ1) is 17.1. The van der Waals surface area contributed by atoms with Crippen LogP contribution in [0.3, 0.4) is 0 Å². The Morgan fingerprint density at radius 2 is 1.83 bits per heavy atom. The number of nitrogens with one attached hydrogen (secondary N) is 3. The van der Waals surface area contributed by atoms with Gasteiger partial charge >= 0.3 is 6.03 Å². The molecule has 174 valence electrons. The molecule has 10 nitrogen and oxygen atoms in total. The van der Waals surface area contributed by atoms with Crippen LogP contribution in [0.25, 0.3) is 22.7 Å². The predicted octanol–water partition coefficient (Wildman–Crippen LogP) is 4.05. The number of carbonyl (C=O) groups is 2. The van der Waals surface area contributed by atoms with Crippen LogP contribution in [0, 0.1) is 0 Å². The van der Waals surface area contributed by atoms with E-state index in [-0.39, 0.29) is 25.0 Å². The molecule has 0 aliphatic heterocycles. The SMILES string of the molecule is O=C(Cn1cccn1)Nc1cccc(CNC(=O)Nc2ccc3nc(-c4ccccn4)oc3c2)c1. The fourth-order valence-electron chi connectivity index (χ4n) is 3.46. The summed E-state index contributed by atoms with van der Waals surface area (Å²) in [5, 5.41) is 12.5. The summed E-state index contributed by atoms with van der Waals surface area (Å²) in [6.45, 7) is 0.403. The molecule has 5 aromatic rings. The number of aromatic nitrogens is 4. The van der Waals surface area contributed by atoms with Gasteiger partial charge in [0.15, 0.2) is 5.58 Å². The van der Waals surface area contributed by atoms with Gasteiger partial charge in [-0.2, -0.15) is 5.10 Å². The van der Waals surface area contributed by atoms with Crippen molar-refractivity contribution in [2.45, 2.75) is 13.1 Å². The number of hydrogen-bond donors (Lipinski definition) is 3. The third-order valence-electron chi connectivity index (χ3n) is 5.06. The molecule has 5 rings (SSSR count). The van der Waals surface area contributed by atoms with Crippen LogP contribution in [0.15, 0.2) is 89.7 Å². The number of amides is 3. The van der Waals surface area contributed by atoms with Gasteiger partial charge in [0.25, 0.3) is 0 Å². The summed E-state index contributed by atoms with van der Waals surface area (Å²) in [6, 6.07) is 19.4. The molecule has 0 fully saturated rings. The van der Waals surface area contributed by atoms with Crippen molar-refractivity contribution in [1.29, 1.82) is 0 Å². The Labute approximate surface area is 200 Å². The quantitative estimate of drug-likeness (QED) is 0.331. The molecule has 0 aliphatic rings. The van der Waals surface area contributed by atoms with Gasteiger partial charge < -0.3 is 20.4 Å². The number of hydrogen-bond acceptors (Lipinski definition) is 6. The van der Waals surface area contributed by atoms with Crippen molar-refractivity contribution < 1.29 is 14.0 Å². The number of oxazole rings is 1. The highest BCUT2D eigenvalue weighted by Crippen LogP contribution is 2.25. The molecule has 0 radical (unpaired) electrons. The van der Waals surface area contributed by atoms with E-state index >= 15 is 0 Å². The molecular weight excluding hydrogens is 446 g/mol. The van der Waals surface area contributed by atoms with Crippen molar-refractivity contribution in [3.8, 4) is 11.6 Å². The Balaban J connectivity index is 1.17. The lowest BCUT2D eigenvalue weighted by Gasteiger charge is -2.10. The van der Waals surface area contributed by atoms with E-state index < -0.39 is 0 Å². The molecule has 3 N–H and O–H groups in total. The number of fused-ring (bicyclic) bond motifs is 1. The molecular formula is C25H21N7O3. The lowest BCUT2D eigenvalue weighted by Crippen LogP contribution is -2.28. The number of anilines is 2. The van der Waals surface area contributed by atoms with Crippen LogP contribution in [0.4, 0.5) is 16.2 Å². The van der Waals surface area contributed by atoms with E-state index in [4.69, 9.17) is 4.42 Å². The van der Waals surface area contributed by atoms with Gasteiger partial charge in [0.2, 0.25) is 11.8 Å². The minimum absolute atomic E-state index is 0.122. The van der Waals surface area contributed by atoms with Gasteiger partial charge in [-0.1, -0.05) is 18.2 Å². The molecule has 35 heavy (non-hydrogen) atoms. The van der Waals surface area contributed by atoms with Crippen molar-refractivity contribution in [3.63, 3.8) is 0 Å². The van der Waals surface area contributed by atoms with Crippen LogP contribution in [0.5, 0.6) is 0 Å². The van der Waals surface area contributed by atoms with E-state index in [2.05, 4.69) is 31.0 Å². The first kappa shape index (κ1) is 21.8. The third-order valence-corrected chi connectivity index (χ3v) is 5.06. The summed E-state index contributed by atoms with van der Waals surface area (Å²) < 4.78 is 7.34. The largest absolute Gasteiger partial charge is 0.435 e. The van der Waals surface area contributed by atoms with Crippen LogP contribution in [0.1, 0.15) is 5.56 Å². The highest BCUT2D eigenvalue weighted by Gasteiger charge is 2.11. The maximum Gasteiger partial charge on any atom is 0.319 e. The minimum Gasteiger partial charge on any atom is -0.435 e. The molecule has 10 heteroatoms. The molecule has 3 aromatic heterocycles. The lowest BCUT2D eigenvalue weighted by molar-refractivity contribution is -0.116. The maximum atomic E-state index is 12.4. The number of nitrogens with zero attached hydrogens (tertiary/aromatic N) is 4. The van der Waals surface area contributed by atoms with Crippen LogP contribution in [0.2, 0.25) is 0 Å². The Bertz CT molecular complexity index is 1460. The summed E-state index contributed by atoms with van der Waals surface area (Å²) in [7, 11) is 0. The summed E-state index contributed by atoms with van der Waals surface area (Å²) in [5.74, 6) is 0.226. The third kappa shape index (κ3) is 5.50. The average Bonchev–Trinajstić information content (AvgIpc) is 3.53. The second-order valence-corrected chi connectivity index (χ2v) is 7.68. The number of rotatable bonds is 7. The monoisotopic (exact) mass is 467 g/mol. The summed E-state index contributed by atoms with van der Waals surface area (Å²) >= 11 is 0. The second kappa shape index (κ2) is 9.87. The molecule has 0 spiro atoms. The normalized spacial score (nSPS) is 10.7. The smallest absolute Gasteiger partial charge is 0.319 e. The zero-order chi connectivity index (χ0) is 24.0. The van der Waals surface area contributed by atoms with Crippen molar-refractivity contribution in [3.05, 3.63) is 90.9 Å². The summed E-state index contributed by atoms with van der Waals surface area (Å²) in [4.78, 5) is 33.3. The molecule has 0 atom stereocenters. The Kier molecular flexibility index (Phi) is 6.16.